The van der Waals surface area contributed by atoms with E-state index >= 15 is 0 Å². The highest BCUT2D eigenvalue weighted by Gasteiger charge is 2.17. The highest BCUT2D eigenvalue weighted by molar-refractivity contribution is 5.95. The molecule has 20 heavy (non-hydrogen) atoms. The van der Waals surface area contributed by atoms with Gasteiger partial charge in [-0.3, -0.25) is 4.79 Å². The van der Waals surface area contributed by atoms with Gasteiger partial charge in [0.1, 0.15) is 13.2 Å². The highest BCUT2D eigenvalue weighted by Crippen LogP contribution is 1.99. The lowest BCUT2D eigenvalue weighted by molar-refractivity contribution is -0.880. The molecule has 0 spiro atoms. The molecule has 0 saturated carbocycles. The van der Waals surface area contributed by atoms with Gasteiger partial charge in [0, 0.05) is 5.57 Å². The molecule has 0 unspecified atom stereocenters. The average Bonchev–Trinajstić information content (AvgIpc) is 2.35. The van der Waals surface area contributed by atoms with Crippen molar-refractivity contribution in [3.05, 3.63) is 24.3 Å². The number of rotatable bonds is 7. The minimum absolute atomic E-state index is 0.0473. The van der Waals surface area contributed by atoms with Crippen LogP contribution in [0.2, 0.25) is 0 Å². The van der Waals surface area contributed by atoms with E-state index in [1.54, 1.807) is 13.8 Å². The molecule has 0 amide bonds. The highest BCUT2D eigenvalue weighted by atomic mass is 16.5. The van der Waals surface area contributed by atoms with Crippen LogP contribution < -0.4 is 0 Å². The van der Waals surface area contributed by atoms with Gasteiger partial charge in [-0.25, -0.2) is 4.79 Å². The van der Waals surface area contributed by atoms with Crippen molar-refractivity contribution in [2.75, 3.05) is 40.4 Å². The van der Waals surface area contributed by atoms with Gasteiger partial charge >= 0.3 is 5.97 Å². The van der Waals surface area contributed by atoms with Crippen molar-refractivity contribution in [3.8, 4) is 0 Å². The van der Waals surface area contributed by atoms with Crippen LogP contribution in [0.1, 0.15) is 20.8 Å². The third kappa shape index (κ3) is 11.6. The topological polar surface area (TPSA) is 63.6 Å². The fourth-order valence-corrected chi connectivity index (χ4v) is 0.897. The second-order valence-corrected chi connectivity index (χ2v) is 5.25. The van der Waals surface area contributed by atoms with Crippen LogP contribution in [-0.4, -0.2) is 61.7 Å². The van der Waals surface area contributed by atoms with Gasteiger partial charge in [0.15, 0.2) is 0 Å². The molecule has 0 rings (SSSR count). The summed E-state index contributed by atoms with van der Waals surface area (Å²) in [5, 5.41) is 8.19. The number of ketones is 1. The molecule has 5 heteroatoms. The van der Waals surface area contributed by atoms with Crippen LogP contribution in [0.4, 0.5) is 0 Å². The van der Waals surface area contributed by atoms with Gasteiger partial charge in [0.2, 0.25) is 5.78 Å². The number of ether oxygens (including phenoxy) is 1. The molecular weight excluding hydrogens is 258 g/mol. The molecule has 0 fully saturated rings. The van der Waals surface area contributed by atoms with Gasteiger partial charge < -0.3 is 14.3 Å². The predicted molar refractivity (Wildman–Crippen MR) is 80.2 cm³/mol. The normalized spacial score (nSPS) is 10.1. The monoisotopic (exact) mass is 286 g/mol. The zero-order valence-corrected chi connectivity index (χ0v) is 13.4. The van der Waals surface area contributed by atoms with Crippen molar-refractivity contribution >= 4 is 11.8 Å². The summed E-state index contributed by atoms with van der Waals surface area (Å²) in [6.07, 6.45) is 0. The molecule has 0 radical (unpaired) electrons. The predicted octanol–water partition coefficient (Wildman–Crippen LogP) is 1.33. The molecule has 0 saturated heterocycles. The molecule has 0 aliphatic rings. The Balaban J connectivity index is 0. The number of nitrogens with zero attached hydrogens (tertiary/aromatic N) is 1. The van der Waals surface area contributed by atoms with E-state index in [1.807, 2.05) is 14.1 Å². The Labute approximate surface area is 122 Å². The summed E-state index contributed by atoms with van der Waals surface area (Å²) < 4.78 is 5.21. The number of esters is 1. The van der Waals surface area contributed by atoms with E-state index in [4.69, 9.17) is 5.11 Å². The molecule has 5 nitrogen and oxygen atoms in total. The number of carbonyl (C=O) groups excluding carboxylic acids is 2. The van der Waals surface area contributed by atoms with Crippen molar-refractivity contribution < 1.29 is 23.9 Å². The number of quaternary nitrogens is 1. The van der Waals surface area contributed by atoms with Crippen LogP contribution in [0.15, 0.2) is 24.3 Å². The average molecular weight is 286 g/mol. The van der Waals surface area contributed by atoms with Crippen LogP contribution in [0.5, 0.6) is 0 Å². The third-order valence-corrected chi connectivity index (χ3v) is 2.58. The minimum Gasteiger partial charge on any atom is -0.460 e. The summed E-state index contributed by atoms with van der Waals surface area (Å²) in [6.45, 7) is 13.8. The molecule has 0 bridgehead atoms. The Morgan fingerprint density at radius 3 is 1.95 bits per heavy atom. The van der Waals surface area contributed by atoms with Gasteiger partial charge in [-0.05, 0) is 26.3 Å². The lowest BCUT2D eigenvalue weighted by Gasteiger charge is -2.27. The zero-order valence-electron chi connectivity index (χ0n) is 13.4. The first-order valence-electron chi connectivity index (χ1n) is 6.51. The lowest BCUT2D eigenvalue weighted by atomic mass is 10.2. The molecule has 0 aromatic rings. The van der Waals surface area contributed by atoms with Crippen LogP contribution in [0.3, 0.4) is 0 Å². The summed E-state index contributed by atoms with van der Waals surface area (Å²) in [5.74, 6) is -0.291. The van der Waals surface area contributed by atoms with E-state index in [0.29, 0.717) is 17.7 Å². The van der Waals surface area contributed by atoms with Crippen LogP contribution in [-0.2, 0) is 14.3 Å². The number of Topliss-reactive ketones (excluding diaryl/α,β-unsaturated/α-hetero) is 1. The number of hydrogen-bond acceptors (Lipinski definition) is 4. The summed E-state index contributed by atoms with van der Waals surface area (Å²) in [4.78, 5) is 21.7. The Morgan fingerprint density at radius 2 is 1.65 bits per heavy atom. The zero-order chi connectivity index (χ0) is 16.3. The van der Waals surface area contributed by atoms with Gasteiger partial charge in [-0.15, -0.1) is 0 Å². The lowest BCUT2D eigenvalue weighted by Crippen LogP contribution is -2.43. The van der Waals surface area contributed by atoms with E-state index in [0.717, 1.165) is 11.0 Å². The maximum atomic E-state index is 11.2. The SMILES string of the molecule is C=C(C)C(=O)C[N+](C)(C)CC.C=C(C)C(=O)OCCO. The van der Waals surface area contributed by atoms with E-state index in [9.17, 15) is 9.59 Å². The van der Waals surface area contributed by atoms with Gasteiger partial charge in [-0.1, -0.05) is 13.2 Å². The Hall–Kier alpha value is -1.46. The summed E-state index contributed by atoms with van der Waals surface area (Å²) >= 11 is 0. The van der Waals surface area contributed by atoms with Crippen molar-refractivity contribution in [1.29, 1.82) is 0 Å². The Bertz CT molecular complexity index is 359. The molecule has 0 aliphatic heterocycles. The fraction of sp³-hybridized carbons (Fsp3) is 0.600. The standard InChI is InChI=1S/C9H18NO.C6H10O3/c1-6-10(4,5)7-9(11)8(2)3;1-5(2)6(8)9-4-3-7/h2,6-7H2,1,3-5H3;7H,1,3-4H2,2H3/q+1;. The van der Waals surface area contributed by atoms with E-state index < -0.39 is 5.97 Å². The van der Waals surface area contributed by atoms with Gasteiger partial charge in [0.25, 0.3) is 0 Å². The first-order valence-corrected chi connectivity index (χ1v) is 6.51. The molecule has 1 N–H and O–H groups in total. The second kappa shape index (κ2) is 10.3. The van der Waals surface area contributed by atoms with E-state index in [1.165, 1.54) is 0 Å². The van der Waals surface area contributed by atoms with Crippen molar-refractivity contribution in [2.45, 2.75) is 20.8 Å². The maximum absolute atomic E-state index is 11.2. The first-order chi connectivity index (χ1) is 9.07. The van der Waals surface area contributed by atoms with Crippen LogP contribution in [0.25, 0.3) is 0 Å². The molecular formula is C15H28NO4+. The summed E-state index contributed by atoms with van der Waals surface area (Å²) in [6, 6.07) is 0. The third-order valence-electron chi connectivity index (χ3n) is 2.58. The number of hydrogen-bond donors (Lipinski definition) is 1. The summed E-state index contributed by atoms with van der Waals surface area (Å²) in [7, 11) is 4.08. The van der Waals surface area contributed by atoms with Gasteiger partial charge in [0.05, 0.1) is 27.2 Å². The van der Waals surface area contributed by atoms with E-state index in [2.05, 4.69) is 24.8 Å². The fourth-order valence-electron chi connectivity index (χ4n) is 0.897. The second-order valence-electron chi connectivity index (χ2n) is 5.25. The van der Waals surface area contributed by atoms with Crippen LogP contribution >= 0.6 is 0 Å². The first kappa shape index (κ1) is 20.8. The molecule has 116 valence electrons. The molecule has 0 aromatic heterocycles. The van der Waals surface area contributed by atoms with Crippen molar-refractivity contribution in [1.82, 2.24) is 0 Å². The largest absolute Gasteiger partial charge is 0.460 e. The summed E-state index contributed by atoms with van der Waals surface area (Å²) in [5.41, 5.74) is 1.01. The minimum atomic E-state index is -0.455. The smallest absolute Gasteiger partial charge is 0.333 e. The van der Waals surface area contributed by atoms with Crippen molar-refractivity contribution in [2.24, 2.45) is 0 Å². The quantitative estimate of drug-likeness (QED) is 0.435. The Kier molecular flexibility index (Phi) is 10.8. The molecule has 0 atom stereocenters. The van der Waals surface area contributed by atoms with Crippen LogP contribution in [0, 0.1) is 0 Å². The number of carbonyl (C=O) groups is 2. The van der Waals surface area contributed by atoms with Crippen molar-refractivity contribution in [3.63, 3.8) is 0 Å². The molecule has 0 aliphatic carbocycles. The van der Waals surface area contributed by atoms with Gasteiger partial charge in [-0.2, -0.15) is 0 Å². The Morgan fingerprint density at radius 1 is 1.15 bits per heavy atom. The number of likely N-dealkylation sites (N-methyl/N-ethyl adjacent to an activating group) is 1. The number of aliphatic hydroxyl groups excluding tert-OH is 1. The van der Waals surface area contributed by atoms with E-state index in [-0.39, 0.29) is 19.0 Å². The number of aliphatic hydroxyl groups is 1. The molecule has 0 aromatic carbocycles. The maximum Gasteiger partial charge on any atom is 0.333 e. The molecule has 0 heterocycles.